The lowest BCUT2D eigenvalue weighted by molar-refractivity contribution is 0.177. The molecular weight excluding hydrogens is 288 g/mol. The third-order valence-corrected chi connectivity index (χ3v) is 4.76. The van der Waals surface area contributed by atoms with Gasteiger partial charge in [0.15, 0.2) is 11.4 Å². The van der Waals surface area contributed by atoms with Crippen LogP contribution in [0.1, 0.15) is 26.7 Å². The topological polar surface area (TPSA) is 54.2 Å². The van der Waals surface area contributed by atoms with Gasteiger partial charge in [0.2, 0.25) is 0 Å². The van der Waals surface area contributed by atoms with Crippen LogP contribution in [0.2, 0.25) is 0 Å². The molecule has 1 aliphatic heterocycles. The molecule has 23 heavy (non-hydrogen) atoms. The highest BCUT2D eigenvalue weighted by atomic mass is 16.3. The first-order chi connectivity index (χ1) is 11.2. The zero-order valence-electron chi connectivity index (χ0n) is 13.6. The number of hydrogen-bond donors (Lipinski definition) is 1. The first-order valence-electron chi connectivity index (χ1n) is 8.35. The van der Waals surface area contributed by atoms with Crippen molar-refractivity contribution >= 4 is 27.9 Å². The summed E-state index contributed by atoms with van der Waals surface area (Å²) in [4.78, 5) is 11.3. The molecule has 1 N–H and O–H groups in total. The molecule has 0 bridgehead atoms. The molecule has 0 saturated carbocycles. The van der Waals surface area contributed by atoms with Crippen LogP contribution < -0.4 is 5.32 Å². The van der Waals surface area contributed by atoms with E-state index in [0.717, 1.165) is 53.8 Å². The molecule has 0 amide bonds. The predicted molar refractivity (Wildman–Crippen MR) is 92.7 cm³/mol. The van der Waals surface area contributed by atoms with Gasteiger partial charge in [-0.3, -0.25) is 0 Å². The molecule has 2 aromatic heterocycles. The molecule has 0 atom stereocenters. The van der Waals surface area contributed by atoms with Gasteiger partial charge in [-0.25, -0.2) is 9.97 Å². The maximum absolute atomic E-state index is 5.99. The highest BCUT2D eigenvalue weighted by Gasteiger charge is 2.22. The number of fused-ring (bicyclic) bond motifs is 3. The molecule has 0 radical (unpaired) electrons. The lowest BCUT2D eigenvalue weighted by Gasteiger charge is -2.35. The van der Waals surface area contributed by atoms with E-state index in [1.165, 1.54) is 0 Å². The molecule has 1 aliphatic rings. The number of rotatable bonds is 3. The van der Waals surface area contributed by atoms with Crippen LogP contribution >= 0.6 is 0 Å². The van der Waals surface area contributed by atoms with Crippen LogP contribution in [-0.4, -0.2) is 40.0 Å². The Labute approximate surface area is 135 Å². The third kappa shape index (κ3) is 2.65. The number of aromatic nitrogens is 2. The van der Waals surface area contributed by atoms with E-state index >= 15 is 0 Å². The molecule has 3 heterocycles. The Kier molecular flexibility index (Phi) is 3.65. The number of benzene rings is 1. The SMILES string of the molecule is CC(C)N1CCC(Nc2ncnc3c2oc2ccccc23)CC1. The van der Waals surface area contributed by atoms with Gasteiger partial charge in [0.1, 0.15) is 17.4 Å². The van der Waals surface area contributed by atoms with E-state index in [-0.39, 0.29) is 0 Å². The number of hydrogen-bond acceptors (Lipinski definition) is 5. The van der Waals surface area contributed by atoms with Crippen LogP contribution in [-0.2, 0) is 0 Å². The predicted octanol–water partition coefficient (Wildman–Crippen LogP) is 3.66. The summed E-state index contributed by atoms with van der Waals surface area (Å²) in [7, 11) is 0. The average Bonchev–Trinajstić information content (AvgIpc) is 2.95. The van der Waals surface area contributed by atoms with Gasteiger partial charge in [-0.15, -0.1) is 0 Å². The molecular formula is C18H22N4O. The van der Waals surface area contributed by atoms with Crippen molar-refractivity contribution in [3.8, 4) is 0 Å². The summed E-state index contributed by atoms with van der Waals surface area (Å²) >= 11 is 0. The van der Waals surface area contributed by atoms with Gasteiger partial charge in [0.05, 0.1) is 0 Å². The first kappa shape index (κ1) is 14.5. The number of furan rings is 1. The van der Waals surface area contributed by atoms with Crippen molar-refractivity contribution < 1.29 is 4.42 Å². The molecule has 3 aromatic rings. The molecule has 1 fully saturated rings. The largest absolute Gasteiger partial charge is 0.450 e. The Morgan fingerprint density at radius 1 is 1.17 bits per heavy atom. The van der Waals surface area contributed by atoms with Gasteiger partial charge >= 0.3 is 0 Å². The monoisotopic (exact) mass is 310 g/mol. The van der Waals surface area contributed by atoms with Crippen LogP contribution in [0.15, 0.2) is 35.0 Å². The average molecular weight is 310 g/mol. The minimum Gasteiger partial charge on any atom is -0.450 e. The molecule has 1 saturated heterocycles. The van der Waals surface area contributed by atoms with E-state index in [9.17, 15) is 0 Å². The zero-order chi connectivity index (χ0) is 15.8. The number of nitrogens with zero attached hydrogens (tertiary/aromatic N) is 3. The van der Waals surface area contributed by atoms with Crippen molar-refractivity contribution in [2.24, 2.45) is 0 Å². The van der Waals surface area contributed by atoms with Crippen LogP contribution in [0.5, 0.6) is 0 Å². The summed E-state index contributed by atoms with van der Waals surface area (Å²) in [5, 5.41) is 4.62. The molecule has 1 aromatic carbocycles. The van der Waals surface area contributed by atoms with Crippen LogP contribution in [0.25, 0.3) is 22.1 Å². The van der Waals surface area contributed by atoms with Crippen molar-refractivity contribution in [2.75, 3.05) is 18.4 Å². The van der Waals surface area contributed by atoms with E-state index < -0.39 is 0 Å². The second kappa shape index (κ2) is 5.81. The Balaban J connectivity index is 1.60. The Morgan fingerprint density at radius 2 is 1.96 bits per heavy atom. The Morgan fingerprint density at radius 3 is 2.74 bits per heavy atom. The summed E-state index contributed by atoms with van der Waals surface area (Å²) in [5.41, 5.74) is 2.51. The van der Waals surface area contributed by atoms with Crippen molar-refractivity contribution in [3.05, 3.63) is 30.6 Å². The van der Waals surface area contributed by atoms with Gasteiger partial charge < -0.3 is 14.6 Å². The molecule has 120 valence electrons. The summed E-state index contributed by atoms with van der Waals surface area (Å²) in [6.45, 7) is 6.78. The summed E-state index contributed by atoms with van der Waals surface area (Å²) in [6, 6.07) is 9.07. The summed E-state index contributed by atoms with van der Waals surface area (Å²) in [5.74, 6) is 0.814. The lowest BCUT2D eigenvalue weighted by Crippen LogP contribution is -2.42. The molecule has 0 unspecified atom stereocenters. The van der Waals surface area contributed by atoms with Gasteiger partial charge in [0, 0.05) is 30.6 Å². The third-order valence-electron chi connectivity index (χ3n) is 4.76. The minimum atomic E-state index is 0.441. The Hall–Kier alpha value is -2.14. The van der Waals surface area contributed by atoms with Crippen molar-refractivity contribution in [3.63, 3.8) is 0 Å². The standard InChI is InChI=1S/C18H22N4O/c1-12(2)22-9-7-13(8-10-22)21-18-17-16(19-11-20-18)14-5-3-4-6-15(14)23-17/h3-6,11-13H,7-10H2,1-2H3,(H,19,20,21). The molecule has 5 heteroatoms. The molecule has 0 spiro atoms. The van der Waals surface area contributed by atoms with Gasteiger partial charge in [-0.2, -0.15) is 0 Å². The molecule has 0 aliphatic carbocycles. The number of piperidine rings is 1. The quantitative estimate of drug-likeness (QED) is 0.800. The number of nitrogens with one attached hydrogen (secondary N) is 1. The fourth-order valence-electron chi connectivity index (χ4n) is 3.38. The van der Waals surface area contributed by atoms with E-state index in [1.54, 1.807) is 6.33 Å². The van der Waals surface area contributed by atoms with Gasteiger partial charge in [0.25, 0.3) is 0 Å². The van der Waals surface area contributed by atoms with Crippen molar-refractivity contribution in [1.29, 1.82) is 0 Å². The Bertz CT molecular complexity index is 818. The van der Waals surface area contributed by atoms with Crippen LogP contribution in [0, 0.1) is 0 Å². The number of para-hydroxylation sites is 1. The maximum Gasteiger partial charge on any atom is 0.196 e. The number of anilines is 1. The molecule has 4 rings (SSSR count). The van der Waals surface area contributed by atoms with Crippen molar-refractivity contribution in [1.82, 2.24) is 14.9 Å². The van der Waals surface area contributed by atoms with Gasteiger partial charge in [-0.1, -0.05) is 12.1 Å². The smallest absolute Gasteiger partial charge is 0.196 e. The van der Waals surface area contributed by atoms with E-state index in [2.05, 4.69) is 34.0 Å². The van der Waals surface area contributed by atoms with E-state index in [4.69, 9.17) is 4.42 Å². The maximum atomic E-state index is 5.99. The first-order valence-corrected chi connectivity index (χ1v) is 8.35. The second-order valence-corrected chi connectivity index (χ2v) is 6.55. The van der Waals surface area contributed by atoms with E-state index in [1.807, 2.05) is 24.3 Å². The minimum absolute atomic E-state index is 0.441. The number of likely N-dealkylation sites (tertiary alicyclic amines) is 1. The molecule has 5 nitrogen and oxygen atoms in total. The summed E-state index contributed by atoms with van der Waals surface area (Å²) < 4.78 is 5.99. The highest BCUT2D eigenvalue weighted by Crippen LogP contribution is 2.31. The van der Waals surface area contributed by atoms with Crippen LogP contribution in [0.4, 0.5) is 5.82 Å². The second-order valence-electron chi connectivity index (χ2n) is 6.55. The zero-order valence-corrected chi connectivity index (χ0v) is 13.6. The van der Waals surface area contributed by atoms with Crippen molar-refractivity contribution in [2.45, 2.75) is 38.8 Å². The van der Waals surface area contributed by atoms with Gasteiger partial charge in [-0.05, 0) is 38.8 Å². The normalized spacial score (nSPS) is 17.3. The fraction of sp³-hybridized carbons (Fsp3) is 0.444. The summed E-state index contributed by atoms with van der Waals surface area (Å²) in [6.07, 6.45) is 3.88. The van der Waals surface area contributed by atoms with Crippen LogP contribution in [0.3, 0.4) is 0 Å². The lowest BCUT2D eigenvalue weighted by atomic mass is 10.0. The highest BCUT2D eigenvalue weighted by molar-refractivity contribution is 6.05. The fourth-order valence-corrected chi connectivity index (χ4v) is 3.38. The van der Waals surface area contributed by atoms with E-state index in [0.29, 0.717) is 12.1 Å².